The number of aliphatic hydroxyl groups excluding tert-OH is 1. The monoisotopic (exact) mass is 561 g/mol. The molecule has 3 aromatic carbocycles. The van der Waals surface area contributed by atoms with Gasteiger partial charge >= 0.3 is 5.97 Å². The Labute approximate surface area is 233 Å². The van der Waals surface area contributed by atoms with Gasteiger partial charge in [-0.3, -0.25) is 0 Å². The number of rotatable bonds is 9. The molecule has 41 heavy (non-hydrogen) atoms. The molecule has 2 heterocycles. The number of benzene rings is 3. The second-order valence-corrected chi connectivity index (χ2v) is 9.84. The minimum atomic E-state index is -1.12. The smallest absolute Gasteiger partial charge is 0.335 e. The number of aromatic carboxylic acids is 1. The van der Waals surface area contributed by atoms with Crippen LogP contribution in [0.2, 0.25) is 0 Å². The van der Waals surface area contributed by atoms with Crippen LogP contribution < -0.4 is 4.74 Å². The molecular weight excluding hydrogens is 535 g/mol. The largest absolute Gasteiger partial charge is 0.478 e. The average molecular weight is 562 g/mol. The van der Waals surface area contributed by atoms with Crippen LogP contribution >= 0.6 is 0 Å². The highest BCUT2D eigenvalue weighted by Gasteiger charge is 2.19. The summed E-state index contributed by atoms with van der Waals surface area (Å²) in [5, 5.41) is 19.4. The van der Waals surface area contributed by atoms with Crippen LogP contribution in [0.3, 0.4) is 0 Å². The van der Waals surface area contributed by atoms with Gasteiger partial charge in [-0.2, -0.15) is 0 Å². The van der Waals surface area contributed by atoms with Gasteiger partial charge in [-0.15, -0.1) is 0 Å². The van der Waals surface area contributed by atoms with Gasteiger partial charge in [-0.25, -0.2) is 27.9 Å². The van der Waals surface area contributed by atoms with Gasteiger partial charge in [-0.05, 0) is 67.4 Å². The van der Waals surface area contributed by atoms with E-state index in [0.717, 1.165) is 17.7 Å². The van der Waals surface area contributed by atoms with Crippen molar-refractivity contribution in [2.24, 2.45) is 0 Å². The van der Waals surface area contributed by atoms with Crippen molar-refractivity contribution >= 4 is 17.0 Å². The number of aromatic nitrogens is 3. The van der Waals surface area contributed by atoms with Gasteiger partial charge in [0.2, 0.25) is 5.88 Å². The molecule has 0 spiro atoms. The third-order valence-electron chi connectivity index (χ3n) is 6.59. The quantitative estimate of drug-likeness (QED) is 0.227. The van der Waals surface area contributed by atoms with Crippen LogP contribution in [0.25, 0.3) is 22.3 Å². The van der Waals surface area contributed by atoms with E-state index in [1.54, 1.807) is 42.7 Å². The van der Waals surface area contributed by atoms with Crippen molar-refractivity contribution in [3.63, 3.8) is 0 Å². The molecule has 0 saturated carbocycles. The molecule has 0 aliphatic rings. The zero-order valence-electron chi connectivity index (χ0n) is 22.2. The lowest BCUT2D eigenvalue weighted by molar-refractivity contribution is 0.0697. The maximum atomic E-state index is 15.3. The summed E-state index contributed by atoms with van der Waals surface area (Å²) in [6.07, 6.45) is -0.905. The molecule has 0 amide bonds. The van der Waals surface area contributed by atoms with Gasteiger partial charge < -0.3 is 19.5 Å². The summed E-state index contributed by atoms with van der Waals surface area (Å²) in [4.78, 5) is 20.2. The van der Waals surface area contributed by atoms with Crippen LogP contribution in [-0.2, 0) is 19.6 Å². The Kier molecular flexibility index (Phi) is 7.76. The van der Waals surface area contributed by atoms with E-state index >= 15 is 8.78 Å². The molecule has 0 aliphatic heterocycles. The van der Waals surface area contributed by atoms with Crippen molar-refractivity contribution in [1.29, 1.82) is 0 Å². The first kappa shape index (κ1) is 27.9. The molecule has 0 radical (unpaired) electrons. The Balaban J connectivity index is 1.42. The van der Waals surface area contributed by atoms with Crippen LogP contribution in [0.4, 0.5) is 13.2 Å². The lowest BCUT2D eigenvalue weighted by Gasteiger charge is -2.13. The predicted octanol–water partition coefficient (Wildman–Crippen LogP) is 6.07. The van der Waals surface area contributed by atoms with E-state index in [2.05, 4.69) is 9.97 Å². The number of aryl methyl sites for hydroxylation is 1. The Bertz CT molecular complexity index is 1770. The molecule has 10 heteroatoms. The number of carboxylic acid groups (broad SMARTS) is 1. The van der Waals surface area contributed by atoms with Gasteiger partial charge in [0.25, 0.3) is 0 Å². The van der Waals surface area contributed by atoms with Crippen molar-refractivity contribution < 1.29 is 32.9 Å². The average Bonchev–Trinajstić information content (AvgIpc) is 3.25. The van der Waals surface area contributed by atoms with Crippen LogP contribution in [-0.4, -0.2) is 36.8 Å². The minimum absolute atomic E-state index is 0.0223. The van der Waals surface area contributed by atoms with Crippen molar-refractivity contribution in [2.75, 3.05) is 0 Å². The Morgan fingerprint density at radius 3 is 2.46 bits per heavy atom. The highest BCUT2D eigenvalue weighted by atomic mass is 19.1. The summed E-state index contributed by atoms with van der Waals surface area (Å²) in [6.45, 7) is 3.34. The molecule has 210 valence electrons. The fourth-order valence-electron chi connectivity index (χ4n) is 4.56. The first-order valence-corrected chi connectivity index (χ1v) is 12.8. The van der Waals surface area contributed by atoms with Gasteiger partial charge in [0, 0.05) is 23.6 Å². The van der Waals surface area contributed by atoms with Gasteiger partial charge in [0.1, 0.15) is 29.9 Å². The first-order valence-electron chi connectivity index (χ1n) is 12.8. The Morgan fingerprint density at radius 2 is 1.73 bits per heavy atom. The third-order valence-corrected chi connectivity index (χ3v) is 6.59. The first-order chi connectivity index (χ1) is 19.6. The highest BCUT2D eigenvalue weighted by molar-refractivity contribution is 5.92. The van der Waals surface area contributed by atoms with Gasteiger partial charge in [0.15, 0.2) is 0 Å². The van der Waals surface area contributed by atoms with Crippen molar-refractivity contribution in [2.45, 2.75) is 39.5 Å². The maximum Gasteiger partial charge on any atom is 0.335 e. The molecule has 0 saturated heterocycles. The van der Waals surface area contributed by atoms with E-state index in [1.165, 1.54) is 30.3 Å². The molecule has 2 N–H and O–H groups in total. The summed E-state index contributed by atoms with van der Waals surface area (Å²) in [7, 11) is 0. The predicted molar refractivity (Wildman–Crippen MR) is 146 cm³/mol. The fourth-order valence-corrected chi connectivity index (χ4v) is 4.56. The van der Waals surface area contributed by atoms with Crippen molar-refractivity contribution in [3.05, 3.63) is 112 Å². The summed E-state index contributed by atoms with van der Waals surface area (Å²) < 4.78 is 52.0. The van der Waals surface area contributed by atoms with E-state index in [0.29, 0.717) is 22.4 Å². The topological polar surface area (TPSA) is 97.5 Å². The minimum Gasteiger partial charge on any atom is -0.478 e. The summed E-state index contributed by atoms with van der Waals surface area (Å²) in [5.41, 5.74) is 2.16. The second kappa shape index (κ2) is 11.4. The molecule has 0 bridgehead atoms. The third kappa shape index (κ3) is 6.07. The fraction of sp³-hybridized carbons (Fsp3) is 0.194. The zero-order valence-corrected chi connectivity index (χ0v) is 22.2. The number of aliphatic hydroxyl groups is 1. The van der Waals surface area contributed by atoms with Crippen LogP contribution in [0.5, 0.6) is 5.88 Å². The second-order valence-electron chi connectivity index (χ2n) is 9.84. The molecule has 0 aliphatic carbocycles. The summed E-state index contributed by atoms with van der Waals surface area (Å²) >= 11 is 0. The normalized spacial score (nSPS) is 12.0. The molecule has 1 atom stereocenters. The number of fused-ring (bicyclic) bond motifs is 1. The number of carbonyl (C=O) groups is 1. The lowest BCUT2D eigenvalue weighted by atomic mass is 10.0. The molecule has 0 unspecified atom stereocenters. The zero-order chi connectivity index (χ0) is 29.3. The summed E-state index contributed by atoms with van der Waals surface area (Å²) in [6, 6.07) is 15.9. The number of pyridine rings is 1. The Morgan fingerprint density at radius 1 is 0.951 bits per heavy atom. The number of hydrogen-bond donors (Lipinski definition) is 2. The molecule has 2 aromatic heterocycles. The lowest BCUT2D eigenvalue weighted by Crippen LogP contribution is -2.15. The highest BCUT2D eigenvalue weighted by Crippen LogP contribution is 2.28. The number of ether oxygens (including phenoxy) is 1. The van der Waals surface area contributed by atoms with Gasteiger partial charge in [0.05, 0.1) is 34.9 Å². The van der Waals surface area contributed by atoms with E-state index < -0.39 is 29.5 Å². The molecule has 7 nitrogen and oxygen atoms in total. The molecule has 0 fully saturated rings. The summed E-state index contributed by atoms with van der Waals surface area (Å²) in [5.74, 6) is -2.48. The van der Waals surface area contributed by atoms with Crippen LogP contribution in [0, 0.1) is 24.4 Å². The number of hydrogen-bond acceptors (Lipinski definition) is 5. The van der Waals surface area contributed by atoms with Gasteiger partial charge in [-0.1, -0.05) is 18.2 Å². The number of imidazole rings is 1. The van der Waals surface area contributed by atoms with E-state index in [9.17, 15) is 19.4 Å². The van der Waals surface area contributed by atoms with E-state index in [-0.39, 0.29) is 47.8 Å². The van der Waals surface area contributed by atoms with Crippen LogP contribution in [0.15, 0.2) is 66.7 Å². The Hall–Kier alpha value is -4.70. The number of halogens is 3. The molecule has 5 rings (SSSR count). The maximum absolute atomic E-state index is 15.3. The molecular formula is C31H26F3N3O4. The molecule has 5 aromatic rings. The van der Waals surface area contributed by atoms with E-state index in [4.69, 9.17) is 4.74 Å². The van der Waals surface area contributed by atoms with E-state index in [1.807, 2.05) is 0 Å². The standard InChI is InChI=1S/C31H26F3N3O4/c1-17-6-7-20(23(32)10-17)16-41-30-5-3-4-26(36-30)22-14-24(33)21(11-25(22)34)13-29-35-27-9-8-19(31(39)40)12-28(27)37(29)15-18(2)38/h3-12,14,18,38H,13,15-16H2,1-2H3,(H,39,40)/t18-/m0/s1. The van der Waals surface area contributed by atoms with Crippen molar-refractivity contribution in [1.82, 2.24) is 14.5 Å². The number of nitrogens with zero attached hydrogens (tertiary/aromatic N) is 3. The number of carboxylic acids is 1. The van der Waals surface area contributed by atoms with Crippen LogP contribution in [0.1, 0.15) is 39.8 Å². The SMILES string of the molecule is Cc1ccc(COc2cccc(-c3cc(F)c(Cc4nc5ccc(C(=O)O)cc5n4C[C@H](C)O)cc3F)n2)c(F)c1. The van der Waals surface area contributed by atoms with Crippen molar-refractivity contribution in [3.8, 4) is 17.1 Å².